The molecule has 0 radical (unpaired) electrons. The molecule has 0 N–H and O–H groups in total. The Labute approximate surface area is 72.9 Å². The molecule has 0 aromatic heterocycles. The van der Waals surface area contributed by atoms with E-state index >= 15 is 0 Å². The van der Waals surface area contributed by atoms with E-state index in [0.717, 1.165) is 18.1 Å². The Morgan fingerprint density at radius 1 is 1.45 bits per heavy atom. The number of carbonyl (C=O) groups excluding carboxylic acids is 1. The van der Waals surface area contributed by atoms with Crippen LogP contribution in [0.2, 0.25) is 0 Å². The van der Waals surface area contributed by atoms with E-state index < -0.39 is 0 Å². The summed E-state index contributed by atoms with van der Waals surface area (Å²) < 4.78 is 0. The van der Waals surface area contributed by atoms with Crippen molar-refractivity contribution in [1.29, 1.82) is 0 Å². The fourth-order valence-corrected chi connectivity index (χ4v) is 2.20. The summed E-state index contributed by atoms with van der Waals surface area (Å²) >= 11 is 1.64. The van der Waals surface area contributed by atoms with E-state index in [-0.39, 0.29) is 0 Å². The van der Waals surface area contributed by atoms with Crippen LogP contribution >= 0.6 is 11.8 Å². The molecule has 1 fully saturated rings. The van der Waals surface area contributed by atoms with Gasteiger partial charge in [0, 0.05) is 6.42 Å². The summed E-state index contributed by atoms with van der Waals surface area (Å²) in [5, 5.41) is 0. The molecular weight excluding hydrogens is 156 g/mol. The highest BCUT2D eigenvalue weighted by molar-refractivity contribution is 7.99. The molecule has 2 heteroatoms. The highest BCUT2D eigenvalue weighted by Crippen LogP contribution is 2.27. The molecule has 0 aliphatic heterocycles. The normalized spacial score (nSPS) is 19.0. The molecule has 0 atom stereocenters. The lowest BCUT2D eigenvalue weighted by molar-refractivity contribution is -0.117. The summed E-state index contributed by atoms with van der Waals surface area (Å²) in [4.78, 5) is 11.2. The summed E-state index contributed by atoms with van der Waals surface area (Å²) in [6.45, 7) is 0. The summed E-state index contributed by atoms with van der Waals surface area (Å²) in [5.41, 5.74) is 0. The van der Waals surface area contributed by atoms with Crippen LogP contribution in [-0.2, 0) is 4.79 Å². The zero-order valence-electron chi connectivity index (χ0n) is 7.14. The van der Waals surface area contributed by atoms with Crippen molar-refractivity contribution in [2.45, 2.75) is 32.1 Å². The van der Waals surface area contributed by atoms with Crippen LogP contribution < -0.4 is 0 Å². The van der Waals surface area contributed by atoms with Crippen LogP contribution in [0.5, 0.6) is 0 Å². The number of hydrogen-bond donors (Lipinski definition) is 0. The number of rotatable bonds is 4. The number of thioether (sulfide) groups is 1. The van der Waals surface area contributed by atoms with Gasteiger partial charge in [-0.15, -0.1) is 0 Å². The summed E-state index contributed by atoms with van der Waals surface area (Å²) in [6, 6.07) is 0. The molecule has 0 saturated heterocycles. The van der Waals surface area contributed by atoms with Gasteiger partial charge >= 0.3 is 0 Å². The Hall–Kier alpha value is 0.0200. The van der Waals surface area contributed by atoms with Gasteiger partial charge in [0.25, 0.3) is 0 Å². The first kappa shape index (κ1) is 9.11. The molecule has 0 aromatic carbocycles. The molecule has 1 saturated carbocycles. The van der Waals surface area contributed by atoms with Gasteiger partial charge in [-0.3, -0.25) is 4.79 Å². The average molecular weight is 172 g/mol. The van der Waals surface area contributed by atoms with Crippen molar-refractivity contribution in [2.75, 3.05) is 12.0 Å². The largest absolute Gasteiger partial charge is 0.299 e. The van der Waals surface area contributed by atoms with Gasteiger partial charge in [0.05, 0.1) is 5.75 Å². The van der Waals surface area contributed by atoms with Crippen LogP contribution in [0.1, 0.15) is 32.1 Å². The second-order valence-corrected chi connectivity index (χ2v) is 4.19. The summed E-state index contributed by atoms with van der Waals surface area (Å²) in [7, 11) is 0. The van der Waals surface area contributed by atoms with Gasteiger partial charge in [-0.05, 0) is 12.2 Å². The first-order valence-corrected chi connectivity index (χ1v) is 5.73. The summed E-state index contributed by atoms with van der Waals surface area (Å²) in [6.07, 6.45) is 8.11. The van der Waals surface area contributed by atoms with Gasteiger partial charge in [-0.2, -0.15) is 11.8 Å². The molecule has 64 valence electrons. The van der Waals surface area contributed by atoms with Gasteiger partial charge in [-0.1, -0.05) is 25.7 Å². The van der Waals surface area contributed by atoms with Gasteiger partial charge < -0.3 is 0 Å². The topological polar surface area (TPSA) is 17.1 Å². The minimum Gasteiger partial charge on any atom is -0.299 e. The third-order valence-electron chi connectivity index (χ3n) is 2.30. The Kier molecular flexibility index (Phi) is 3.98. The maximum Gasteiger partial charge on any atom is 0.143 e. The molecule has 1 aliphatic rings. The minimum absolute atomic E-state index is 0.449. The van der Waals surface area contributed by atoms with Crippen molar-refractivity contribution in [2.24, 2.45) is 5.92 Å². The maximum absolute atomic E-state index is 11.2. The molecule has 0 aromatic rings. The van der Waals surface area contributed by atoms with Crippen molar-refractivity contribution in [1.82, 2.24) is 0 Å². The van der Waals surface area contributed by atoms with Crippen LogP contribution in [0.15, 0.2) is 0 Å². The van der Waals surface area contributed by atoms with Gasteiger partial charge in [0.2, 0.25) is 0 Å². The van der Waals surface area contributed by atoms with Crippen LogP contribution in [0, 0.1) is 5.92 Å². The monoisotopic (exact) mass is 172 g/mol. The lowest BCUT2D eigenvalue weighted by Crippen LogP contribution is -2.07. The van der Waals surface area contributed by atoms with E-state index in [9.17, 15) is 4.79 Å². The predicted molar refractivity (Wildman–Crippen MR) is 50.0 cm³/mol. The van der Waals surface area contributed by atoms with E-state index in [1.54, 1.807) is 11.8 Å². The quantitative estimate of drug-likeness (QED) is 0.648. The van der Waals surface area contributed by atoms with Crippen molar-refractivity contribution in [3.8, 4) is 0 Å². The lowest BCUT2D eigenvalue weighted by Gasteiger charge is -2.05. The highest BCUT2D eigenvalue weighted by atomic mass is 32.2. The Morgan fingerprint density at radius 2 is 2.09 bits per heavy atom. The maximum atomic E-state index is 11.2. The van der Waals surface area contributed by atoms with E-state index in [1.807, 2.05) is 6.26 Å². The van der Waals surface area contributed by atoms with Crippen molar-refractivity contribution < 1.29 is 4.79 Å². The Morgan fingerprint density at radius 3 is 2.64 bits per heavy atom. The SMILES string of the molecule is CSCC(=O)CC1CCCC1. The van der Waals surface area contributed by atoms with Gasteiger partial charge in [-0.25, -0.2) is 0 Å². The highest BCUT2D eigenvalue weighted by Gasteiger charge is 2.17. The van der Waals surface area contributed by atoms with E-state index in [1.165, 1.54) is 25.7 Å². The number of hydrogen-bond acceptors (Lipinski definition) is 2. The molecule has 0 spiro atoms. The van der Waals surface area contributed by atoms with Crippen molar-refractivity contribution in [3.63, 3.8) is 0 Å². The molecule has 0 bridgehead atoms. The molecule has 0 amide bonds. The number of carbonyl (C=O) groups is 1. The fraction of sp³-hybridized carbons (Fsp3) is 0.889. The van der Waals surface area contributed by atoms with E-state index in [2.05, 4.69) is 0 Å². The number of Topliss-reactive ketones (excluding diaryl/α,β-unsaturated/α-hetero) is 1. The van der Waals surface area contributed by atoms with Crippen molar-refractivity contribution >= 4 is 17.5 Å². The average Bonchev–Trinajstić information content (AvgIpc) is 2.40. The second kappa shape index (κ2) is 4.81. The molecule has 1 rings (SSSR count). The zero-order chi connectivity index (χ0) is 8.10. The first-order valence-electron chi connectivity index (χ1n) is 4.33. The smallest absolute Gasteiger partial charge is 0.143 e. The fourth-order valence-electron chi connectivity index (χ4n) is 1.76. The van der Waals surface area contributed by atoms with Crippen LogP contribution in [-0.4, -0.2) is 17.8 Å². The zero-order valence-corrected chi connectivity index (χ0v) is 7.95. The summed E-state index contributed by atoms with van der Waals surface area (Å²) in [5.74, 6) is 1.90. The van der Waals surface area contributed by atoms with Crippen LogP contribution in [0.4, 0.5) is 0 Å². The minimum atomic E-state index is 0.449. The van der Waals surface area contributed by atoms with Gasteiger partial charge in [0.1, 0.15) is 5.78 Å². The van der Waals surface area contributed by atoms with Gasteiger partial charge in [0.15, 0.2) is 0 Å². The Bertz CT molecular complexity index is 128. The second-order valence-electron chi connectivity index (χ2n) is 3.33. The first-order chi connectivity index (χ1) is 5.33. The third kappa shape index (κ3) is 3.28. The van der Waals surface area contributed by atoms with Crippen LogP contribution in [0.25, 0.3) is 0 Å². The predicted octanol–water partition coefficient (Wildman–Crippen LogP) is 2.50. The molecule has 11 heavy (non-hydrogen) atoms. The molecule has 0 unspecified atom stereocenters. The number of ketones is 1. The van der Waals surface area contributed by atoms with Crippen LogP contribution in [0.3, 0.4) is 0 Å². The standard InChI is InChI=1S/C9H16OS/c1-11-7-9(10)6-8-4-2-3-5-8/h8H,2-7H2,1H3. The third-order valence-corrected chi connectivity index (χ3v) is 2.91. The lowest BCUT2D eigenvalue weighted by atomic mass is 10.0. The Balaban J connectivity index is 2.13. The molecular formula is C9H16OS. The van der Waals surface area contributed by atoms with E-state index in [4.69, 9.17) is 0 Å². The molecule has 1 nitrogen and oxygen atoms in total. The van der Waals surface area contributed by atoms with E-state index in [0.29, 0.717) is 5.78 Å². The molecule has 0 heterocycles. The van der Waals surface area contributed by atoms with Crippen molar-refractivity contribution in [3.05, 3.63) is 0 Å². The molecule has 1 aliphatic carbocycles.